The van der Waals surface area contributed by atoms with Gasteiger partial charge in [-0.05, 0) is 5.56 Å². The first-order chi connectivity index (χ1) is 13.3. The maximum Gasteiger partial charge on any atom is 0.295 e. The molecule has 0 spiro atoms. The van der Waals surface area contributed by atoms with Crippen molar-refractivity contribution in [3.8, 4) is 0 Å². The Morgan fingerprint density at radius 1 is 1.11 bits per heavy atom. The van der Waals surface area contributed by atoms with E-state index in [1.165, 1.54) is 30.3 Å². The lowest BCUT2D eigenvalue weighted by atomic mass is 9.95. The zero-order valence-corrected chi connectivity index (χ0v) is 14.3. The Labute approximate surface area is 158 Å². The third-order valence-electron chi connectivity index (χ3n) is 4.28. The normalized spacial score (nSPS) is 18.3. The molecule has 0 saturated carbocycles. The first kappa shape index (κ1) is 18.8. The highest BCUT2D eigenvalue weighted by molar-refractivity contribution is 6.46. The van der Waals surface area contributed by atoms with Gasteiger partial charge in [0.25, 0.3) is 17.4 Å². The molecule has 0 bridgehead atoms. The number of aliphatic hydroxyl groups is 1. The number of rotatable bonds is 5. The molecule has 9 heteroatoms. The highest BCUT2D eigenvalue weighted by atomic mass is 16.6. The van der Waals surface area contributed by atoms with Crippen LogP contribution in [0, 0.1) is 10.1 Å². The number of carboxylic acids is 1. The number of aliphatic carboxylic acids is 1. The molecule has 1 N–H and O–H groups in total. The van der Waals surface area contributed by atoms with Crippen LogP contribution in [0.4, 0.5) is 5.69 Å². The Bertz CT molecular complexity index is 1010. The largest absolute Gasteiger partial charge is 0.548 e. The van der Waals surface area contributed by atoms with Gasteiger partial charge in [-0.3, -0.25) is 19.7 Å². The molecule has 1 saturated heterocycles. The van der Waals surface area contributed by atoms with Gasteiger partial charge in [0, 0.05) is 17.7 Å². The minimum absolute atomic E-state index is 0.118. The van der Waals surface area contributed by atoms with Gasteiger partial charge in [0.05, 0.1) is 29.1 Å². The van der Waals surface area contributed by atoms with Gasteiger partial charge in [0.1, 0.15) is 5.76 Å². The van der Waals surface area contributed by atoms with E-state index in [1.807, 2.05) is 0 Å². The number of aliphatic hydroxyl groups excluding tert-OH is 1. The Morgan fingerprint density at radius 2 is 1.79 bits per heavy atom. The van der Waals surface area contributed by atoms with Crippen LogP contribution >= 0.6 is 0 Å². The lowest BCUT2D eigenvalue weighted by Gasteiger charge is -2.25. The molecular weight excluding hydrogens is 368 g/mol. The van der Waals surface area contributed by atoms with Crippen LogP contribution in [-0.4, -0.2) is 39.1 Å². The Kier molecular flexibility index (Phi) is 4.90. The highest BCUT2D eigenvalue weighted by Gasteiger charge is 2.46. The van der Waals surface area contributed by atoms with Crippen LogP contribution in [0.1, 0.15) is 17.2 Å². The van der Waals surface area contributed by atoms with Crippen LogP contribution in [0.5, 0.6) is 0 Å². The number of nitro benzene ring substituents is 1. The van der Waals surface area contributed by atoms with Gasteiger partial charge in [-0.2, -0.15) is 0 Å². The molecule has 142 valence electrons. The molecule has 1 fully saturated rings. The lowest BCUT2D eigenvalue weighted by Crippen LogP contribution is -2.40. The van der Waals surface area contributed by atoms with E-state index in [4.69, 9.17) is 0 Å². The standard InChI is InChI=1S/C19H14N2O7/c22-14(23)10-20-16(12-7-4-8-13(9-12)21(27)28)15(18(25)19(20)26)17(24)11-5-2-1-3-6-11/h1-9,16,24H,10H2,(H,22,23)/p-1/t16-/m1/s1. The van der Waals surface area contributed by atoms with Crippen LogP contribution in [0.2, 0.25) is 0 Å². The Balaban J connectivity index is 2.23. The number of Topliss-reactive ketones (excluding diaryl/α,β-unsaturated/α-hetero) is 1. The van der Waals surface area contributed by atoms with E-state index in [0.29, 0.717) is 4.90 Å². The number of carbonyl (C=O) groups is 3. The van der Waals surface area contributed by atoms with Crippen LogP contribution in [0.3, 0.4) is 0 Å². The third kappa shape index (κ3) is 3.32. The van der Waals surface area contributed by atoms with E-state index < -0.39 is 40.9 Å². The van der Waals surface area contributed by atoms with Crippen molar-refractivity contribution >= 4 is 29.1 Å². The Hall–Kier alpha value is -4.01. The number of amides is 1. The van der Waals surface area contributed by atoms with E-state index in [-0.39, 0.29) is 22.4 Å². The average molecular weight is 381 g/mol. The van der Waals surface area contributed by atoms with Crippen molar-refractivity contribution in [3.05, 3.63) is 81.4 Å². The third-order valence-corrected chi connectivity index (χ3v) is 4.28. The quantitative estimate of drug-likeness (QED) is 0.265. The van der Waals surface area contributed by atoms with Crippen molar-refractivity contribution in [2.45, 2.75) is 6.04 Å². The van der Waals surface area contributed by atoms with E-state index in [2.05, 4.69) is 0 Å². The number of hydrogen-bond donors (Lipinski definition) is 1. The molecule has 28 heavy (non-hydrogen) atoms. The summed E-state index contributed by atoms with van der Waals surface area (Å²) in [6.07, 6.45) is 0. The first-order valence-electron chi connectivity index (χ1n) is 8.09. The fraction of sp³-hybridized carbons (Fsp3) is 0.105. The number of likely N-dealkylation sites (tertiary alicyclic amines) is 1. The molecule has 9 nitrogen and oxygen atoms in total. The summed E-state index contributed by atoms with van der Waals surface area (Å²) in [6.45, 7) is -0.913. The summed E-state index contributed by atoms with van der Waals surface area (Å²) >= 11 is 0. The van der Waals surface area contributed by atoms with Gasteiger partial charge < -0.3 is 19.9 Å². The predicted octanol–water partition coefficient (Wildman–Crippen LogP) is 0.766. The van der Waals surface area contributed by atoms with Crippen molar-refractivity contribution in [2.24, 2.45) is 0 Å². The fourth-order valence-corrected chi connectivity index (χ4v) is 3.09. The second kappa shape index (κ2) is 7.31. The molecule has 1 aliphatic rings. The van der Waals surface area contributed by atoms with Gasteiger partial charge in [0.15, 0.2) is 0 Å². The molecule has 1 heterocycles. The first-order valence-corrected chi connectivity index (χ1v) is 8.09. The zero-order valence-electron chi connectivity index (χ0n) is 14.3. The second-order valence-electron chi connectivity index (χ2n) is 6.02. The molecule has 2 aromatic rings. The van der Waals surface area contributed by atoms with Crippen molar-refractivity contribution in [1.82, 2.24) is 4.90 Å². The molecule has 3 rings (SSSR count). The van der Waals surface area contributed by atoms with Gasteiger partial charge in [-0.25, -0.2) is 0 Å². The maximum absolute atomic E-state index is 12.6. The molecule has 1 amide bonds. The molecule has 1 atom stereocenters. The molecular formula is C19H13N2O7-. The molecule has 0 aromatic heterocycles. The number of nitrogens with zero attached hydrogens (tertiary/aromatic N) is 2. The van der Waals surface area contributed by atoms with Crippen molar-refractivity contribution in [3.63, 3.8) is 0 Å². The number of carbonyl (C=O) groups excluding carboxylic acids is 3. The average Bonchev–Trinajstić information content (AvgIpc) is 2.92. The number of hydrogen-bond acceptors (Lipinski definition) is 7. The van der Waals surface area contributed by atoms with E-state index in [9.17, 15) is 34.7 Å². The topological polar surface area (TPSA) is 141 Å². The van der Waals surface area contributed by atoms with Crippen LogP contribution in [0.25, 0.3) is 5.76 Å². The molecule has 1 aliphatic heterocycles. The fourth-order valence-electron chi connectivity index (χ4n) is 3.09. The number of non-ortho nitro benzene ring substituents is 1. The van der Waals surface area contributed by atoms with Gasteiger partial charge in [-0.1, -0.05) is 42.5 Å². The van der Waals surface area contributed by atoms with Crippen LogP contribution in [0.15, 0.2) is 60.2 Å². The molecule has 0 unspecified atom stereocenters. The van der Waals surface area contributed by atoms with E-state index in [1.54, 1.807) is 18.2 Å². The number of carboxylic acid groups (broad SMARTS) is 1. The van der Waals surface area contributed by atoms with E-state index >= 15 is 0 Å². The van der Waals surface area contributed by atoms with Gasteiger partial charge in [-0.15, -0.1) is 0 Å². The summed E-state index contributed by atoms with van der Waals surface area (Å²) in [6, 6.07) is 11.7. The summed E-state index contributed by atoms with van der Waals surface area (Å²) in [5.74, 6) is -4.34. The Morgan fingerprint density at radius 3 is 2.39 bits per heavy atom. The summed E-state index contributed by atoms with van der Waals surface area (Å²) < 4.78 is 0. The smallest absolute Gasteiger partial charge is 0.295 e. The van der Waals surface area contributed by atoms with E-state index in [0.717, 1.165) is 6.07 Å². The van der Waals surface area contributed by atoms with Gasteiger partial charge in [0.2, 0.25) is 0 Å². The summed E-state index contributed by atoms with van der Waals surface area (Å²) in [5, 5.41) is 32.8. The summed E-state index contributed by atoms with van der Waals surface area (Å²) in [4.78, 5) is 47.2. The van der Waals surface area contributed by atoms with Crippen molar-refractivity contribution in [1.29, 1.82) is 0 Å². The zero-order chi connectivity index (χ0) is 20.4. The number of ketones is 1. The predicted molar refractivity (Wildman–Crippen MR) is 93.6 cm³/mol. The molecule has 2 aromatic carbocycles. The minimum atomic E-state index is -1.61. The number of nitro groups is 1. The van der Waals surface area contributed by atoms with Crippen LogP contribution in [-0.2, 0) is 14.4 Å². The van der Waals surface area contributed by atoms with Crippen molar-refractivity contribution < 1.29 is 29.5 Å². The number of benzene rings is 2. The SMILES string of the molecule is O=C([O-])CN1C(=O)C(=O)C(=C(O)c2ccccc2)[C@H]1c1cccc([N+](=O)[O-])c1. The second-order valence-corrected chi connectivity index (χ2v) is 6.02. The maximum atomic E-state index is 12.6. The summed E-state index contributed by atoms with van der Waals surface area (Å²) in [7, 11) is 0. The van der Waals surface area contributed by atoms with Gasteiger partial charge >= 0.3 is 0 Å². The molecule has 0 aliphatic carbocycles. The van der Waals surface area contributed by atoms with Crippen molar-refractivity contribution in [2.75, 3.05) is 6.54 Å². The summed E-state index contributed by atoms with van der Waals surface area (Å²) in [5.41, 5.74) is -0.300. The monoisotopic (exact) mass is 381 g/mol. The molecule has 0 radical (unpaired) electrons. The lowest BCUT2D eigenvalue weighted by molar-refractivity contribution is -0.384. The highest BCUT2D eigenvalue weighted by Crippen LogP contribution is 2.39. The van der Waals surface area contributed by atoms with Crippen LogP contribution < -0.4 is 5.11 Å². The minimum Gasteiger partial charge on any atom is -0.548 e.